The van der Waals surface area contributed by atoms with E-state index in [0.717, 1.165) is 23.9 Å². The number of aryl methyl sites for hydroxylation is 1. The Morgan fingerprint density at radius 1 is 1.32 bits per heavy atom. The minimum Gasteiger partial charge on any atom is -0.444 e. The Labute approximate surface area is 141 Å². The quantitative estimate of drug-likeness (QED) is 0.846. The van der Waals surface area contributed by atoms with Gasteiger partial charge in [0.1, 0.15) is 5.60 Å². The Hall–Kier alpha value is -1.07. The van der Waals surface area contributed by atoms with Crippen molar-refractivity contribution in [3.63, 3.8) is 0 Å². The smallest absolute Gasteiger partial charge is 0.407 e. The molecule has 22 heavy (non-hydrogen) atoms. The summed E-state index contributed by atoms with van der Waals surface area (Å²) < 4.78 is 6.40. The van der Waals surface area contributed by atoms with Gasteiger partial charge in [-0.15, -0.1) is 0 Å². The molecule has 1 amide bonds. The molecule has 5 heteroatoms. The maximum Gasteiger partial charge on any atom is 0.407 e. The van der Waals surface area contributed by atoms with Crippen molar-refractivity contribution in [3.05, 3.63) is 33.8 Å². The van der Waals surface area contributed by atoms with Crippen molar-refractivity contribution >= 4 is 22.0 Å². The third-order valence-electron chi connectivity index (χ3n) is 3.68. The van der Waals surface area contributed by atoms with Crippen LogP contribution in [0.3, 0.4) is 0 Å². The average Bonchev–Trinajstić information content (AvgIpc) is 2.33. The number of carbonyl (C=O) groups is 1. The Morgan fingerprint density at radius 3 is 2.59 bits per heavy atom. The van der Waals surface area contributed by atoms with E-state index in [-0.39, 0.29) is 12.1 Å². The lowest BCUT2D eigenvalue weighted by Gasteiger charge is -2.36. The first-order chi connectivity index (χ1) is 10.2. The van der Waals surface area contributed by atoms with Crippen LogP contribution in [0, 0.1) is 6.92 Å². The first-order valence-electron chi connectivity index (χ1n) is 7.71. The highest BCUT2D eigenvalue weighted by Crippen LogP contribution is 2.22. The lowest BCUT2D eigenvalue weighted by Crippen LogP contribution is -2.52. The van der Waals surface area contributed by atoms with Gasteiger partial charge in [-0.05, 0) is 57.7 Å². The molecule has 1 fully saturated rings. The first kappa shape index (κ1) is 17.3. The van der Waals surface area contributed by atoms with Gasteiger partial charge in [-0.1, -0.05) is 28.1 Å². The van der Waals surface area contributed by atoms with Crippen molar-refractivity contribution in [2.75, 3.05) is 0 Å². The molecule has 1 saturated carbocycles. The van der Waals surface area contributed by atoms with Crippen molar-refractivity contribution in [3.8, 4) is 0 Å². The number of hydrogen-bond acceptors (Lipinski definition) is 3. The zero-order valence-corrected chi connectivity index (χ0v) is 15.3. The van der Waals surface area contributed by atoms with E-state index in [4.69, 9.17) is 4.74 Å². The van der Waals surface area contributed by atoms with Crippen LogP contribution in [-0.2, 0) is 11.3 Å². The number of nitrogens with one attached hydrogen (secondary N) is 2. The van der Waals surface area contributed by atoms with Gasteiger partial charge in [0.05, 0.1) is 0 Å². The molecule has 1 aromatic rings. The number of rotatable bonds is 4. The normalized spacial score (nSPS) is 21.1. The van der Waals surface area contributed by atoms with Crippen LogP contribution in [0.15, 0.2) is 22.7 Å². The Kier molecular flexibility index (Phi) is 5.50. The Bertz CT molecular complexity index is 534. The summed E-state index contributed by atoms with van der Waals surface area (Å²) in [5.41, 5.74) is 2.09. The molecule has 1 aliphatic rings. The summed E-state index contributed by atoms with van der Waals surface area (Å²) in [4.78, 5) is 11.7. The van der Waals surface area contributed by atoms with E-state index in [2.05, 4.69) is 51.7 Å². The fourth-order valence-corrected chi connectivity index (χ4v) is 2.70. The number of hydrogen-bond donors (Lipinski definition) is 2. The van der Waals surface area contributed by atoms with E-state index < -0.39 is 5.60 Å². The second-order valence-corrected chi connectivity index (χ2v) is 7.83. The number of benzene rings is 1. The third-order valence-corrected chi connectivity index (χ3v) is 4.57. The molecule has 0 saturated heterocycles. The highest BCUT2D eigenvalue weighted by molar-refractivity contribution is 9.10. The summed E-state index contributed by atoms with van der Waals surface area (Å²) in [6.45, 7) is 8.57. The van der Waals surface area contributed by atoms with Crippen molar-refractivity contribution in [2.24, 2.45) is 0 Å². The van der Waals surface area contributed by atoms with Crippen LogP contribution in [0.2, 0.25) is 0 Å². The van der Waals surface area contributed by atoms with Gasteiger partial charge in [-0.25, -0.2) is 4.79 Å². The van der Waals surface area contributed by atoms with E-state index in [9.17, 15) is 4.79 Å². The second kappa shape index (κ2) is 7.01. The SMILES string of the molecule is Cc1cc(CNC2CC(NC(=O)OC(C)(C)C)C2)ccc1Br. The summed E-state index contributed by atoms with van der Waals surface area (Å²) >= 11 is 3.51. The molecule has 0 atom stereocenters. The van der Waals surface area contributed by atoms with Crippen molar-refractivity contribution < 1.29 is 9.53 Å². The van der Waals surface area contributed by atoms with Gasteiger partial charge in [0.15, 0.2) is 0 Å². The maximum atomic E-state index is 11.7. The summed E-state index contributed by atoms with van der Waals surface area (Å²) in [5, 5.41) is 6.44. The molecule has 0 spiro atoms. The molecule has 0 radical (unpaired) electrons. The first-order valence-corrected chi connectivity index (χ1v) is 8.50. The van der Waals surface area contributed by atoms with Crippen molar-refractivity contribution in [1.82, 2.24) is 10.6 Å². The van der Waals surface area contributed by atoms with Crippen LogP contribution in [0.25, 0.3) is 0 Å². The monoisotopic (exact) mass is 368 g/mol. The zero-order valence-electron chi connectivity index (χ0n) is 13.7. The second-order valence-electron chi connectivity index (χ2n) is 6.98. The van der Waals surface area contributed by atoms with Gasteiger partial charge in [-0.2, -0.15) is 0 Å². The predicted molar refractivity (Wildman–Crippen MR) is 91.9 cm³/mol. The molecule has 0 heterocycles. The number of carbonyl (C=O) groups excluding carboxylic acids is 1. The molecule has 1 aliphatic carbocycles. The van der Waals surface area contributed by atoms with Gasteiger partial charge < -0.3 is 15.4 Å². The van der Waals surface area contributed by atoms with E-state index in [1.54, 1.807) is 0 Å². The standard InChI is InChI=1S/C17H25BrN2O2/c1-11-7-12(5-6-15(11)18)10-19-13-8-14(9-13)20-16(21)22-17(2,3)4/h5-7,13-14,19H,8-10H2,1-4H3,(H,20,21). The van der Waals surface area contributed by atoms with Crippen LogP contribution >= 0.6 is 15.9 Å². The van der Waals surface area contributed by atoms with Crippen LogP contribution in [0.5, 0.6) is 0 Å². The number of alkyl carbamates (subject to hydrolysis) is 1. The third kappa shape index (κ3) is 5.29. The van der Waals surface area contributed by atoms with Gasteiger partial charge in [0.2, 0.25) is 0 Å². The van der Waals surface area contributed by atoms with Crippen LogP contribution < -0.4 is 10.6 Å². The van der Waals surface area contributed by atoms with Crippen LogP contribution in [-0.4, -0.2) is 23.8 Å². The molecule has 0 unspecified atom stereocenters. The molecule has 2 N–H and O–H groups in total. The van der Waals surface area contributed by atoms with Crippen LogP contribution in [0.1, 0.15) is 44.7 Å². The van der Waals surface area contributed by atoms with Crippen molar-refractivity contribution in [1.29, 1.82) is 0 Å². The minimum atomic E-state index is -0.440. The highest BCUT2D eigenvalue weighted by Gasteiger charge is 2.31. The summed E-state index contributed by atoms with van der Waals surface area (Å²) in [6, 6.07) is 7.08. The lowest BCUT2D eigenvalue weighted by atomic mass is 9.86. The number of amides is 1. The average molecular weight is 369 g/mol. The van der Waals surface area contributed by atoms with Crippen LogP contribution in [0.4, 0.5) is 4.79 Å². The lowest BCUT2D eigenvalue weighted by molar-refractivity contribution is 0.0465. The summed E-state index contributed by atoms with van der Waals surface area (Å²) in [7, 11) is 0. The summed E-state index contributed by atoms with van der Waals surface area (Å²) in [6.07, 6.45) is 1.59. The fourth-order valence-electron chi connectivity index (χ4n) is 2.46. The summed E-state index contributed by atoms with van der Waals surface area (Å²) in [5.74, 6) is 0. The molecular weight excluding hydrogens is 344 g/mol. The van der Waals surface area contributed by atoms with E-state index in [1.165, 1.54) is 11.1 Å². The molecule has 122 valence electrons. The highest BCUT2D eigenvalue weighted by atomic mass is 79.9. The van der Waals surface area contributed by atoms with Gasteiger partial charge in [0, 0.05) is 23.1 Å². The number of halogens is 1. The largest absolute Gasteiger partial charge is 0.444 e. The van der Waals surface area contributed by atoms with Gasteiger partial charge in [0.25, 0.3) is 0 Å². The Morgan fingerprint density at radius 2 is 2.00 bits per heavy atom. The fraction of sp³-hybridized carbons (Fsp3) is 0.588. The van der Waals surface area contributed by atoms with E-state index in [1.807, 2.05) is 20.8 Å². The molecule has 0 aliphatic heterocycles. The van der Waals surface area contributed by atoms with Gasteiger partial charge in [-0.3, -0.25) is 0 Å². The minimum absolute atomic E-state index is 0.221. The Balaban J connectivity index is 1.67. The molecule has 4 nitrogen and oxygen atoms in total. The number of ether oxygens (including phenoxy) is 1. The maximum absolute atomic E-state index is 11.7. The molecule has 1 aromatic carbocycles. The molecular formula is C17H25BrN2O2. The predicted octanol–water partition coefficient (Wildman–Crippen LogP) is 3.90. The van der Waals surface area contributed by atoms with Gasteiger partial charge >= 0.3 is 6.09 Å². The molecule has 2 rings (SSSR count). The van der Waals surface area contributed by atoms with Crippen molar-refractivity contribution in [2.45, 2.75) is 64.8 Å². The zero-order chi connectivity index (χ0) is 16.3. The topological polar surface area (TPSA) is 50.4 Å². The molecule has 0 bridgehead atoms. The van der Waals surface area contributed by atoms with E-state index in [0.29, 0.717) is 6.04 Å². The van der Waals surface area contributed by atoms with E-state index >= 15 is 0 Å². The molecule has 0 aromatic heterocycles.